The number of ether oxygens (including phenoxy) is 2. The van der Waals surface area contributed by atoms with Crippen LogP contribution in [0.25, 0.3) is 0 Å². The zero-order chi connectivity index (χ0) is 33.3. The van der Waals surface area contributed by atoms with Gasteiger partial charge in [-0.2, -0.15) is 4.31 Å². The second kappa shape index (κ2) is 16.1. The molecule has 0 unspecified atom stereocenters. The van der Waals surface area contributed by atoms with Crippen molar-refractivity contribution in [3.05, 3.63) is 84.2 Å². The van der Waals surface area contributed by atoms with Crippen LogP contribution in [0.1, 0.15) is 60.7 Å². The molecule has 11 nitrogen and oxygen atoms in total. The number of nitrogens with one attached hydrogen (secondary N) is 1. The Morgan fingerprint density at radius 1 is 1.11 bits per heavy atom. The van der Waals surface area contributed by atoms with Gasteiger partial charge in [-0.05, 0) is 75.6 Å². The summed E-state index contributed by atoms with van der Waals surface area (Å²) in [5, 5.41) is 13.0. The molecule has 2 N–H and O–H groups in total. The Labute approximate surface area is 271 Å². The van der Waals surface area contributed by atoms with Gasteiger partial charge in [0.05, 0.1) is 35.3 Å². The van der Waals surface area contributed by atoms with E-state index in [0.29, 0.717) is 30.0 Å². The third kappa shape index (κ3) is 8.91. The number of hydrogen-bond acceptors (Lipinski definition) is 8. The van der Waals surface area contributed by atoms with Crippen molar-refractivity contribution < 1.29 is 32.6 Å². The molecular weight excluding hydrogens is 608 g/mol. The molecule has 0 fully saturated rings. The lowest BCUT2D eigenvalue weighted by atomic mass is 10.0. The molecule has 0 saturated carbocycles. The standard InChI is InChI=1S/C34H44N4O7S/c1-24-21-38(25(2)23-39)34(41)30-20-28(36-33(40)27-15-17-35-18-16-27)13-14-31(30)45-26(3)10-8-9-19-44-32(24)22-37(4)46(42,43)29-11-6-5-7-12-29/h5-7,11-18,20,24-26,32,39H,8-10,19,21-23H2,1-4H3,(H,36,40)/t24-,25+,26+,32-/m0/s1. The molecule has 3 aromatic rings. The average molecular weight is 653 g/mol. The van der Waals surface area contributed by atoms with Crippen molar-refractivity contribution in [1.29, 1.82) is 0 Å². The van der Waals surface area contributed by atoms with Crippen LogP contribution in [-0.2, 0) is 14.8 Å². The van der Waals surface area contributed by atoms with Crippen molar-refractivity contribution in [3.63, 3.8) is 0 Å². The van der Waals surface area contributed by atoms with Gasteiger partial charge in [-0.25, -0.2) is 8.42 Å². The molecule has 2 aromatic carbocycles. The highest BCUT2D eigenvalue weighted by Gasteiger charge is 2.32. The maximum absolute atomic E-state index is 14.3. The Morgan fingerprint density at radius 2 is 1.83 bits per heavy atom. The van der Waals surface area contributed by atoms with E-state index in [4.69, 9.17) is 9.47 Å². The second-order valence-electron chi connectivity index (χ2n) is 11.8. The first kappa shape index (κ1) is 35.0. The van der Waals surface area contributed by atoms with Crippen LogP contribution in [-0.4, -0.2) is 91.1 Å². The molecular formula is C34H44N4O7S. The van der Waals surface area contributed by atoms with Gasteiger partial charge in [-0.15, -0.1) is 0 Å². The van der Waals surface area contributed by atoms with E-state index in [-0.39, 0.29) is 48.1 Å². The predicted octanol–water partition coefficient (Wildman–Crippen LogP) is 4.45. The van der Waals surface area contributed by atoms with E-state index in [1.807, 2.05) is 13.8 Å². The number of fused-ring (bicyclic) bond motifs is 1. The van der Waals surface area contributed by atoms with Crippen LogP contribution in [0.4, 0.5) is 5.69 Å². The summed E-state index contributed by atoms with van der Waals surface area (Å²) in [4.78, 5) is 32.9. The van der Waals surface area contributed by atoms with Gasteiger partial charge in [-0.1, -0.05) is 25.1 Å². The second-order valence-corrected chi connectivity index (χ2v) is 13.8. The fraction of sp³-hybridized carbons (Fsp3) is 0.441. The van der Waals surface area contributed by atoms with Crippen LogP contribution in [0.3, 0.4) is 0 Å². The zero-order valence-corrected chi connectivity index (χ0v) is 27.7. The molecule has 1 aliphatic rings. The quantitative estimate of drug-likeness (QED) is 0.364. The number of aliphatic hydroxyl groups excluding tert-OH is 1. The van der Waals surface area contributed by atoms with E-state index >= 15 is 0 Å². The van der Waals surface area contributed by atoms with Crippen LogP contribution in [0.5, 0.6) is 5.75 Å². The summed E-state index contributed by atoms with van der Waals surface area (Å²) in [6, 6.07) is 15.8. The normalized spacial score (nSPS) is 20.7. The summed E-state index contributed by atoms with van der Waals surface area (Å²) in [5.41, 5.74) is 1.07. The minimum atomic E-state index is -3.77. The topological polar surface area (TPSA) is 138 Å². The molecule has 4 atom stereocenters. The van der Waals surface area contributed by atoms with Crippen molar-refractivity contribution >= 4 is 27.5 Å². The van der Waals surface area contributed by atoms with Gasteiger partial charge in [0.15, 0.2) is 0 Å². The Morgan fingerprint density at radius 3 is 2.52 bits per heavy atom. The van der Waals surface area contributed by atoms with Gasteiger partial charge < -0.3 is 24.8 Å². The van der Waals surface area contributed by atoms with Crippen molar-refractivity contribution in [2.24, 2.45) is 5.92 Å². The van der Waals surface area contributed by atoms with Crippen LogP contribution in [0.2, 0.25) is 0 Å². The van der Waals surface area contributed by atoms with Crippen LogP contribution >= 0.6 is 0 Å². The van der Waals surface area contributed by atoms with Gasteiger partial charge in [0.25, 0.3) is 11.8 Å². The lowest BCUT2D eigenvalue weighted by molar-refractivity contribution is -0.00834. The molecule has 1 aromatic heterocycles. The highest BCUT2D eigenvalue weighted by molar-refractivity contribution is 7.89. The first-order chi connectivity index (χ1) is 22.0. The Balaban J connectivity index is 1.65. The van der Waals surface area contributed by atoms with E-state index in [9.17, 15) is 23.1 Å². The Hall–Kier alpha value is -3.84. The SMILES string of the molecule is C[C@@H]1CCCCO[C@@H](CN(C)S(=O)(=O)c2ccccc2)[C@@H](C)CN([C@H](C)CO)C(=O)c2cc(NC(=O)c3ccncc3)ccc2O1. The first-order valence-electron chi connectivity index (χ1n) is 15.6. The first-order valence-corrected chi connectivity index (χ1v) is 17.0. The Kier molecular flexibility index (Phi) is 12.3. The number of carbonyl (C=O) groups is 2. The number of nitrogens with zero attached hydrogens (tertiary/aromatic N) is 3. The smallest absolute Gasteiger partial charge is 0.258 e. The summed E-state index contributed by atoms with van der Waals surface area (Å²) in [5.74, 6) is -0.682. The number of hydrogen-bond donors (Lipinski definition) is 2. The van der Waals surface area contributed by atoms with Gasteiger partial charge in [0.2, 0.25) is 10.0 Å². The zero-order valence-electron chi connectivity index (χ0n) is 26.8. The molecule has 1 aliphatic heterocycles. The molecule has 0 saturated heterocycles. The number of aromatic nitrogens is 1. The lowest BCUT2D eigenvalue weighted by Gasteiger charge is -2.35. The van der Waals surface area contributed by atoms with Crippen LogP contribution < -0.4 is 10.1 Å². The van der Waals surface area contributed by atoms with Crippen LogP contribution in [0, 0.1) is 5.92 Å². The molecule has 2 amide bonds. The summed E-state index contributed by atoms with van der Waals surface area (Å²) >= 11 is 0. The van der Waals surface area contributed by atoms with E-state index in [1.54, 1.807) is 72.5 Å². The summed E-state index contributed by atoms with van der Waals surface area (Å²) in [7, 11) is -2.24. The maximum Gasteiger partial charge on any atom is 0.258 e. The molecule has 12 heteroatoms. The number of anilines is 1. The third-order valence-electron chi connectivity index (χ3n) is 8.14. The molecule has 0 aliphatic carbocycles. The van der Waals surface area contributed by atoms with Crippen molar-refractivity contribution in [2.45, 2.75) is 63.2 Å². The van der Waals surface area contributed by atoms with Crippen molar-refractivity contribution in [2.75, 3.05) is 38.7 Å². The van der Waals surface area contributed by atoms with E-state index in [1.165, 1.54) is 23.7 Å². The fourth-order valence-corrected chi connectivity index (χ4v) is 6.50. The molecule has 46 heavy (non-hydrogen) atoms. The minimum absolute atomic E-state index is 0.0786. The number of carbonyl (C=O) groups excluding carboxylic acids is 2. The highest BCUT2D eigenvalue weighted by atomic mass is 32.2. The molecule has 2 heterocycles. The number of amides is 2. The molecule has 4 rings (SSSR count). The van der Waals surface area contributed by atoms with E-state index in [2.05, 4.69) is 10.3 Å². The van der Waals surface area contributed by atoms with Gasteiger partial charge in [0, 0.05) is 56.3 Å². The fourth-order valence-electron chi connectivity index (χ4n) is 5.29. The minimum Gasteiger partial charge on any atom is -0.490 e. The third-order valence-corrected chi connectivity index (χ3v) is 9.98. The van der Waals surface area contributed by atoms with Gasteiger partial charge in [-0.3, -0.25) is 14.6 Å². The van der Waals surface area contributed by atoms with Crippen molar-refractivity contribution in [3.8, 4) is 5.75 Å². The molecule has 0 radical (unpaired) electrons. The number of rotatable bonds is 8. The predicted molar refractivity (Wildman–Crippen MR) is 175 cm³/mol. The van der Waals surface area contributed by atoms with Gasteiger partial charge >= 0.3 is 0 Å². The summed E-state index contributed by atoms with van der Waals surface area (Å²) in [6.45, 7) is 5.96. The number of pyridine rings is 1. The molecule has 0 spiro atoms. The summed E-state index contributed by atoms with van der Waals surface area (Å²) < 4.78 is 40.5. The molecule has 0 bridgehead atoms. The number of sulfonamides is 1. The number of benzene rings is 2. The highest BCUT2D eigenvalue weighted by Crippen LogP contribution is 2.29. The maximum atomic E-state index is 14.3. The number of aliphatic hydroxyl groups is 1. The number of likely N-dealkylation sites (N-methyl/N-ethyl adjacent to an activating group) is 1. The molecule has 248 valence electrons. The average Bonchev–Trinajstić information content (AvgIpc) is 3.06. The van der Waals surface area contributed by atoms with Crippen LogP contribution in [0.15, 0.2) is 78.0 Å². The Bertz CT molecular complexity index is 1560. The van der Waals surface area contributed by atoms with Gasteiger partial charge in [0.1, 0.15) is 5.75 Å². The largest absolute Gasteiger partial charge is 0.490 e. The van der Waals surface area contributed by atoms with E-state index < -0.39 is 28.1 Å². The van der Waals surface area contributed by atoms with Crippen molar-refractivity contribution in [1.82, 2.24) is 14.2 Å². The summed E-state index contributed by atoms with van der Waals surface area (Å²) in [6.07, 6.45) is 4.55. The lowest BCUT2D eigenvalue weighted by Crippen LogP contribution is -2.48. The van der Waals surface area contributed by atoms with E-state index in [0.717, 1.165) is 12.8 Å². The monoisotopic (exact) mass is 652 g/mol.